The molecule has 1 fully saturated rings. The highest BCUT2D eigenvalue weighted by Crippen LogP contribution is 2.12. The van der Waals surface area contributed by atoms with E-state index in [0.717, 1.165) is 31.7 Å². The van der Waals surface area contributed by atoms with Crippen molar-refractivity contribution in [2.75, 3.05) is 52.9 Å². The van der Waals surface area contributed by atoms with Crippen molar-refractivity contribution in [1.29, 1.82) is 0 Å². The van der Waals surface area contributed by atoms with Crippen molar-refractivity contribution in [1.82, 2.24) is 14.7 Å². The quantitative estimate of drug-likeness (QED) is 0.749. The Morgan fingerprint density at radius 2 is 1.80 bits per heavy atom. The van der Waals surface area contributed by atoms with Gasteiger partial charge in [0.2, 0.25) is 5.91 Å². The summed E-state index contributed by atoms with van der Waals surface area (Å²) < 4.78 is 5.13. The number of hydrogen-bond donors (Lipinski definition) is 0. The minimum atomic E-state index is 0.0488. The van der Waals surface area contributed by atoms with Gasteiger partial charge in [-0.15, -0.1) is 0 Å². The van der Waals surface area contributed by atoms with E-state index < -0.39 is 0 Å². The number of ether oxygens (including phenoxy) is 1. The van der Waals surface area contributed by atoms with Crippen LogP contribution in [-0.4, -0.2) is 79.4 Å². The molecule has 1 aromatic rings. The summed E-state index contributed by atoms with van der Waals surface area (Å²) in [6.45, 7) is 9.18. The number of benzene rings is 1. The molecular weight excluding hydrogens is 318 g/mol. The van der Waals surface area contributed by atoms with Gasteiger partial charge in [-0.25, -0.2) is 0 Å². The molecule has 6 nitrogen and oxygen atoms in total. The molecule has 1 saturated heterocycles. The third-order valence-corrected chi connectivity index (χ3v) is 4.62. The number of amides is 2. The van der Waals surface area contributed by atoms with E-state index >= 15 is 0 Å². The van der Waals surface area contributed by atoms with Gasteiger partial charge in [-0.2, -0.15) is 0 Å². The van der Waals surface area contributed by atoms with Gasteiger partial charge in [0.1, 0.15) is 0 Å². The molecule has 6 heteroatoms. The Labute approximate surface area is 150 Å². The first kappa shape index (κ1) is 19.4. The van der Waals surface area contributed by atoms with Gasteiger partial charge in [0.05, 0.1) is 13.2 Å². The minimum absolute atomic E-state index is 0.0488. The van der Waals surface area contributed by atoms with Gasteiger partial charge in [-0.1, -0.05) is 12.1 Å². The van der Waals surface area contributed by atoms with E-state index in [1.165, 1.54) is 0 Å². The van der Waals surface area contributed by atoms with Crippen molar-refractivity contribution < 1.29 is 14.3 Å². The topological polar surface area (TPSA) is 53.1 Å². The molecule has 0 N–H and O–H groups in total. The van der Waals surface area contributed by atoms with Gasteiger partial charge < -0.3 is 14.5 Å². The van der Waals surface area contributed by atoms with Crippen molar-refractivity contribution in [3.8, 4) is 0 Å². The maximum Gasteiger partial charge on any atom is 0.253 e. The molecule has 2 rings (SSSR count). The number of methoxy groups -OCH3 is 1. The Morgan fingerprint density at radius 1 is 1.12 bits per heavy atom. The molecule has 1 aromatic carbocycles. The number of rotatable bonds is 7. The Bertz CT molecular complexity index is 579. The highest BCUT2D eigenvalue weighted by Gasteiger charge is 2.24. The van der Waals surface area contributed by atoms with Crippen molar-refractivity contribution >= 4 is 11.8 Å². The standard InChI is InChI=1S/C19H29N3O3/c1-4-21(5-2)18(23)14-20-9-11-22(12-10-20)19(24)17-8-6-7-16(13-17)15-25-3/h6-8,13H,4-5,9-12,14-15H2,1-3H3. The van der Waals surface area contributed by atoms with Crippen LogP contribution in [0.3, 0.4) is 0 Å². The molecule has 0 radical (unpaired) electrons. The van der Waals surface area contributed by atoms with Gasteiger partial charge in [-0.3, -0.25) is 14.5 Å². The molecular formula is C19H29N3O3. The highest BCUT2D eigenvalue weighted by atomic mass is 16.5. The van der Waals surface area contributed by atoms with Gasteiger partial charge in [0, 0.05) is 51.9 Å². The van der Waals surface area contributed by atoms with Crippen LogP contribution in [-0.2, 0) is 16.1 Å². The van der Waals surface area contributed by atoms with Crippen molar-refractivity contribution in [3.05, 3.63) is 35.4 Å². The molecule has 1 aliphatic heterocycles. The summed E-state index contributed by atoms with van der Waals surface area (Å²) in [5, 5.41) is 0. The Kier molecular flexibility index (Phi) is 7.40. The molecule has 138 valence electrons. The minimum Gasteiger partial charge on any atom is -0.380 e. The van der Waals surface area contributed by atoms with E-state index in [1.54, 1.807) is 7.11 Å². The first-order valence-electron chi connectivity index (χ1n) is 8.96. The second-order valence-electron chi connectivity index (χ2n) is 6.27. The van der Waals surface area contributed by atoms with E-state index in [2.05, 4.69) is 4.90 Å². The Morgan fingerprint density at radius 3 is 2.40 bits per heavy atom. The molecule has 25 heavy (non-hydrogen) atoms. The third-order valence-electron chi connectivity index (χ3n) is 4.62. The fraction of sp³-hybridized carbons (Fsp3) is 0.579. The summed E-state index contributed by atoms with van der Waals surface area (Å²) in [5.41, 5.74) is 1.69. The van der Waals surface area contributed by atoms with E-state index in [-0.39, 0.29) is 11.8 Å². The van der Waals surface area contributed by atoms with E-state index in [4.69, 9.17) is 4.74 Å². The van der Waals surface area contributed by atoms with Crippen LogP contribution < -0.4 is 0 Å². The predicted octanol–water partition coefficient (Wildman–Crippen LogP) is 1.46. The fourth-order valence-electron chi connectivity index (χ4n) is 3.12. The maximum atomic E-state index is 12.7. The molecule has 0 aliphatic carbocycles. The number of carbonyl (C=O) groups is 2. The average Bonchev–Trinajstić information content (AvgIpc) is 2.63. The van der Waals surface area contributed by atoms with Crippen molar-refractivity contribution in [2.45, 2.75) is 20.5 Å². The summed E-state index contributed by atoms with van der Waals surface area (Å²) in [4.78, 5) is 30.7. The zero-order chi connectivity index (χ0) is 18.2. The third kappa shape index (κ3) is 5.28. The maximum absolute atomic E-state index is 12.7. The van der Waals surface area contributed by atoms with Crippen LogP contribution >= 0.6 is 0 Å². The van der Waals surface area contributed by atoms with Crippen molar-refractivity contribution in [2.24, 2.45) is 0 Å². The Balaban J connectivity index is 1.88. The van der Waals surface area contributed by atoms with Gasteiger partial charge >= 0.3 is 0 Å². The summed E-state index contributed by atoms with van der Waals surface area (Å²) in [5.74, 6) is 0.213. The van der Waals surface area contributed by atoms with Gasteiger partial charge in [0.15, 0.2) is 0 Å². The largest absolute Gasteiger partial charge is 0.380 e. The van der Waals surface area contributed by atoms with Crippen LogP contribution in [0.1, 0.15) is 29.8 Å². The smallest absolute Gasteiger partial charge is 0.253 e. The number of carbonyl (C=O) groups excluding carboxylic acids is 2. The van der Waals surface area contributed by atoms with Crippen LogP contribution in [0.25, 0.3) is 0 Å². The highest BCUT2D eigenvalue weighted by molar-refractivity contribution is 5.94. The van der Waals surface area contributed by atoms with Crippen LogP contribution in [0.4, 0.5) is 0 Å². The normalized spacial score (nSPS) is 15.2. The molecule has 0 aromatic heterocycles. The predicted molar refractivity (Wildman–Crippen MR) is 97.4 cm³/mol. The summed E-state index contributed by atoms with van der Waals surface area (Å²) in [7, 11) is 1.65. The van der Waals surface area contributed by atoms with E-state index in [1.807, 2.05) is 47.9 Å². The van der Waals surface area contributed by atoms with E-state index in [9.17, 15) is 9.59 Å². The molecule has 0 atom stereocenters. The summed E-state index contributed by atoms with van der Waals surface area (Å²) >= 11 is 0. The van der Waals surface area contributed by atoms with Gasteiger partial charge in [-0.05, 0) is 31.5 Å². The molecule has 0 saturated carbocycles. The van der Waals surface area contributed by atoms with Gasteiger partial charge in [0.25, 0.3) is 5.91 Å². The lowest BCUT2D eigenvalue weighted by Crippen LogP contribution is -2.51. The molecule has 0 unspecified atom stereocenters. The first-order chi connectivity index (χ1) is 12.1. The second kappa shape index (κ2) is 9.53. The van der Waals surface area contributed by atoms with Crippen LogP contribution in [0, 0.1) is 0 Å². The lowest BCUT2D eigenvalue weighted by Gasteiger charge is -2.35. The Hall–Kier alpha value is -1.92. The van der Waals surface area contributed by atoms with Crippen molar-refractivity contribution in [3.63, 3.8) is 0 Å². The molecule has 1 aliphatic rings. The first-order valence-corrected chi connectivity index (χ1v) is 8.96. The monoisotopic (exact) mass is 347 g/mol. The summed E-state index contributed by atoms with van der Waals surface area (Å²) in [6, 6.07) is 7.58. The molecule has 0 spiro atoms. The lowest BCUT2D eigenvalue weighted by molar-refractivity contribution is -0.132. The average molecular weight is 347 g/mol. The SMILES string of the molecule is CCN(CC)C(=O)CN1CCN(C(=O)c2cccc(COC)c2)CC1. The van der Waals surface area contributed by atoms with Crippen LogP contribution in [0.5, 0.6) is 0 Å². The van der Waals surface area contributed by atoms with Crippen LogP contribution in [0.15, 0.2) is 24.3 Å². The molecule has 1 heterocycles. The van der Waals surface area contributed by atoms with E-state index in [0.29, 0.717) is 31.8 Å². The summed E-state index contributed by atoms with van der Waals surface area (Å²) in [6.07, 6.45) is 0. The number of piperazine rings is 1. The molecule has 2 amide bonds. The van der Waals surface area contributed by atoms with Crippen LogP contribution in [0.2, 0.25) is 0 Å². The number of nitrogens with zero attached hydrogens (tertiary/aromatic N) is 3. The zero-order valence-electron chi connectivity index (χ0n) is 15.5. The zero-order valence-corrected chi connectivity index (χ0v) is 15.5. The number of hydrogen-bond acceptors (Lipinski definition) is 4. The molecule has 0 bridgehead atoms. The number of likely N-dealkylation sites (N-methyl/N-ethyl adjacent to an activating group) is 1. The lowest BCUT2D eigenvalue weighted by atomic mass is 10.1. The fourth-order valence-corrected chi connectivity index (χ4v) is 3.12. The second-order valence-corrected chi connectivity index (χ2v) is 6.27.